The van der Waals surface area contributed by atoms with Gasteiger partial charge < -0.3 is 11.5 Å². The number of rotatable bonds is 1. The maximum Gasteiger partial charge on any atom is 0.161 e. The Labute approximate surface area is 101 Å². The van der Waals surface area contributed by atoms with Crippen LogP contribution in [0.2, 0.25) is 0 Å². The molecule has 2 aromatic carbocycles. The normalized spacial score (nSPS) is 9.00. The molecule has 2 aromatic rings. The van der Waals surface area contributed by atoms with Crippen molar-refractivity contribution < 1.29 is 4.79 Å². The van der Waals surface area contributed by atoms with Crippen LogP contribution in [0.1, 0.15) is 17.3 Å². The van der Waals surface area contributed by atoms with Crippen LogP contribution in [-0.4, -0.2) is 5.78 Å². The number of nitrogens with two attached hydrogens (primary N) is 2. The summed E-state index contributed by atoms with van der Waals surface area (Å²) in [5.74, 6) is 0.0121. The van der Waals surface area contributed by atoms with E-state index in [0.717, 1.165) is 5.69 Å². The third-order valence-electron chi connectivity index (χ3n) is 2.14. The fraction of sp³-hybridized carbons (Fsp3) is 0.0714. The van der Waals surface area contributed by atoms with Gasteiger partial charge in [-0.2, -0.15) is 0 Å². The van der Waals surface area contributed by atoms with Crippen molar-refractivity contribution in [3.05, 3.63) is 60.2 Å². The minimum absolute atomic E-state index is 0.0121. The van der Waals surface area contributed by atoms with Gasteiger partial charge in [0.1, 0.15) is 0 Å². The Bertz CT molecular complexity index is 481. The van der Waals surface area contributed by atoms with Gasteiger partial charge in [-0.05, 0) is 31.2 Å². The average Bonchev–Trinajstić information content (AvgIpc) is 2.31. The molecule has 0 unspecified atom stereocenters. The molecular formula is C14H16N2O. The summed E-state index contributed by atoms with van der Waals surface area (Å²) in [6.07, 6.45) is 0. The molecular weight excluding hydrogens is 212 g/mol. The van der Waals surface area contributed by atoms with E-state index < -0.39 is 0 Å². The maximum atomic E-state index is 10.8. The summed E-state index contributed by atoms with van der Waals surface area (Å²) in [4.78, 5) is 10.8. The van der Waals surface area contributed by atoms with Gasteiger partial charge in [-0.1, -0.05) is 30.3 Å². The van der Waals surface area contributed by atoms with Gasteiger partial charge in [0.05, 0.1) is 0 Å². The van der Waals surface area contributed by atoms with Gasteiger partial charge in [0.15, 0.2) is 5.78 Å². The van der Waals surface area contributed by atoms with E-state index >= 15 is 0 Å². The van der Waals surface area contributed by atoms with Crippen LogP contribution in [0.15, 0.2) is 54.6 Å². The monoisotopic (exact) mass is 228 g/mol. The number of ketones is 1. The molecule has 3 nitrogen and oxygen atoms in total. The number of para-hydroxylation sites is 2. The zero-order valence-electron chi connectivity index (χ0n) is 9.76. The fourth-order valence-corrected chi connectivity index (χ4v) is 1.27. The number of nitrogen functional groups attached to an aromatic ring is 2. The molecule has 0 aliphatic rings. The summed E-state index contributed by atoms with van der Waals surface area (Å²) >= 11 is 0. The minimum atomic E-state index is 0.0121. The molecule has 0 saturated heterocycles. The second kappa shape index (κ2) is 6.33. The molecule has 0 aliphatic heterocycles. The number of carbonyl (C=O) groups excluding carboxylic acids is 1. The topological polar surface area (TPSA) is 69.1 Å². The van der Waals surface area contributed by atoms with Crippen LogP contribution < -0.4 is 11.5 Å². The third-order valence-corrected chi connectivity index (χ3v) is 2.14. The summed E-state index contributed by atoms with van der Waals surface area (Å²) in [6, 6.07) is 16.5. The number of hydrogen-bond donors (Lipinski definition) is 2. The highest BCUT2D eigenvalue weighted by molar-refractivity contribution is 5.98. The maximum absolute atomic E-state index is 10.8. The van der Waals surface area contributed by atoms with Gasteiger partial charge in [0.2, 0.25) is 0 Å². The van der Waals surface area contributed by atoms with Crippen LogP contribution >= 0.6 is 0 Å². The zero-order chi connectivity index (χ0) is 12.7. The van der Waals surface area contributed by atoms with Gasteiger partial charge in [-0.15, -0.1) is 0 Å². The lowest BCUT2D eigenvalue weighted by molar-refractivity contribution is 0.101. The number of hydrogen-bond acceptors (Lipinski definition) is 3. The number of Topliss-reactive ketones (excluding diaryl/α,β-unsaturated/α-hetero) is 1. The molecule has 2 rings (SSSR count). The van der Waals surface area contributed by atoms with Crippen LogP contribution in [0.5, 0.6) is 0 Å². The van der Waals surface area contributed by atoms with Crippen LogP contribution in [0.25, 0.3) is 0 Å². The smallest absolute Gasteiger partial charge is 0.161 e. The fourth-order valence-electron chi connectivity index (χ4n) is 1.27. The Morgan fingerprint density at radius 3 is 1.76 bits per heavy atom. The first-order chi connectivity index (χ1) is 8.11. The van der Waals surface area contributed by atoms with E-state index in [2.05, 4.69) is 0 Å². The van der Waals surface area contributed by atoms with Crippen molar-refractivity contribution in [1.82, 2.24) is 0 Å². The molecule has 0 bridgehead atoms. The first kappa shape index (κ1) is 12.8. The summed E-state index contributed by atoms with van der Waals surface area (Å²) in [6.45, 7) is 1.51. The van der Waals surface area contributed by atoms with Crippen molar-refractivity contribution >= 4 is 17.2 Å². The van der Waals surface area contributed by atoms with Crippen molar-refractivity contribution in [2.75, 3.05) is 11.5 Å². The number of anilines is 2. The largest absolute Gasteiger partial charge is 0.399 e. The Kier molecular flexibility index (Phi) is 4.76. The van der Waals surface area contributed by atoms with Crippen molar-refractivity contribution in [2.45, 2.75) is 6.92 Å². The van der Waals surface area contributed by atoms with E-state index in [1.54, 1.807) is 18.2 Å². The lowest BCUT2D eigenvalue weighted by Gasteiger charge is -1.97. The zero-order valence-corrected chi connectivity index (χ0v) is 9.76. The molecule has 0 aliphatic carbocycles. The van der Waals surface area contributed by atoms with Crippen LogP contribution in [0.3, 0.4) is 0 Å². The quantitative estimate of drug-likeness (QED) is 0.582. The molecule has 0 amide bonds. The number of benzene rings is 2. The highest BCUT2D eigenvalue weighted by Crippen LogP contribution is 2.09. The Morgan fingerprint density at radius 2 is 1.41 bits per heavy atom. The molecule has 0 spiro atoms. The molecule has 0 radical (unpaired) electrons. The van der Waals surface area contributed by atoms with Crippen molar-refractivity contribution in [2.24, 2.45) is 0 Å². The van der Waals surface area contributed by atoms with E-state index in [4.69, 9.17) is 11.5 Å². The molecule has 4 N–H and O–H groups in total. The molecule has 0 saturated carbocycles. The SMILES string of the molecule is CC(=O)c1ccccc1N.Nc1ccccc1. The predicted octanol–water partition coefficient (Wildman–Crippen LogP) is 2.74. The summed E-state index contributed by atoms with van der Waals surface area (Å²) in [7, 11) is 0. The van der Waals surface area contributed by atoms with Crippen molar-refractivity contribution in [1.29, 1.82) is 0 Å². The Balaban J connectivity index is 0.000000181. The Hall–Kier alpha value is -2.29. The molecule has 0 heterocycles. The lowest BCUT2D eigenvalue weighted by atomic mass is 10.1. The molecule has 0 atom stereocenters. The van der Waals surface area contributed by atoms with Crippen LogP contribution in [0, 0.1) is 0 Å². The lowest BCUT2D eigenvalue weighted by Crippen LogP contribution is -1.97. The third kappa shape index (κ3) is 4.38. The number of carbonyl (C=O) groups is 1. The minimum Gasteiger partial charge on any atom is -0.399 e. The van der Waals surface area contributed by atoms with Crippen molar-refractivity contribution in [3.8, 4) is 0 Å². The van der Waals surface area contributed by atoms with Crippen LogP contribution in [0.4, 0.5) is 11.4 Å². The van der Waals surface area contributed by atoms with E-state index in [-0.39, 0.29) is 5.78 Å². The second-order valence-corrected chi connectivity index (χ2v) is 3.55. The highest BCUT2D eigenvalue weighted by Gasteiger charge is 2.00. The van der Waals surface area contributed by atoms with E-state index in [1.807, 2.05) is 36.4 Å². The second-order valence-electron chi connectivity index (χ2n) is 3.55. The van der Waals surface area contributed by atoms with E-state index in [9.17, 15) is 4.79 Å². The Morgan fingerprint density at radius 1 is 0.882 bits per heavy atom. The molecule has 0 fully saturated rings. The summed E-state index contributed by atoms with van der Waals surface area (Å²) in [5.41, 5.74) is 12.8. The van der Waals surface area contributed by atoms with Gasteiger partial charge in [-0.25, -0.2) is 0 Å². The van der Waals surface area contributed by atoms with E-state index in [0.29, 0.717) is 11.3 Å². The highest BCUT2D eigenvalue weighted by atomic mass is 16.1. The summed E-state index contributed by atoms with van der Waals surface area (Å²) in [5, 5.41) is 0. The average molecular weight is 228 g/mol. The van der Waals surface area contributed by atoms with Crippen molar-refractivity contribution in [3.63, 3.8) is 0 Å². The van der Waals surface area contributed by atoms with Gasteiger partial charge >= 0.3 is 0 Å². The molecule has 0 aromatic heterocycles. The van der Waals surface area contributed by atoms with Gasteiger partial charge in [0, 0.05) is 16.9 Å². The first-order valence-electron chi connectivity index (χ1n) is 5.27. The summed E-state index contributed by atoms with van der Waals surface area (Å²) < 4.78 is 0. The molecule has 88 valence electrons. The molecule has 17 heavy (non-hydrogen) atoms. The predicted molar refractivity (Wildman–Crippen MR) is 71.7 cm³/mol. The van der Waals surface area contributed by atoms with Crippen LogP contribution in [-0.2, 0) is 0 Å². The van der Waals surface area contributed by atoms with Gasteiger partial charge in [0.25, 0.3) is 0 Å². The van der Waals surface area contributed by atoms with E-state index in [1.165, 1.54) is 6.92 Å². The van der Waals surface area contributed by atoms with Gasteiger partial charge in [-0.3, -0.25) is 4.79 Å². The molecule has 3 heteroatoms. The standard InChI is InChI=1S/C8H9NO.C6H7N/c1-6(10)7-4-2-3-5-8(7)9;7-6-4-2-1-3-5-6/h2-5H,9H2,1H3;1-5H,7H2. The first-order valence-corrected chi connectivity index (χ1v) is 5.27.